The van der Waals surface area contributed by atoms with Gasteiger partial charge >= 0.3 is 0 Å². The molecular formula is C15H21N2O2W-. The maximum Gasteiger partial charge on any atom is 0.248 e. The number of nitrogens with one attached hydrogen (secondary N) is 2. The summed E-state index contributed by atoms with van der Waals surface area (Å²) in [4.78, 5) is 22.8. The molecule has 2 amide bonds. The molecule has 1 rings (SSSR count). The van der Waals surface area contributed by atoms with Gasteiger partial charge < -0.3 is 5.32 Å². The van der Waals surface area contributed by atoms with E-state index < -0.39 is 6.04 Å². The molecule has 0 saturated carbocycles. The maximum absolute atomic E-state index is 11.7. The van der Waals surface area contributed by atoms with Crippen molar-refractivity contribution in [3.05, 3.63) is 35.6 Å². The number of hydrogen-bond acceptors (Lipinski definition) is 3. The van der Waals surface area contributed by atoms with Crippen LogP contribution in [0, 0.1) is 6.08 Å². The number of amides is 2. The van der Waals surface area contributed by atoms with Crippen LogP contribution in [-0.2, 0) is 30.7 Å². The van der Waals surface area contributed by atoms with E-state index >= 15 is 0 Å². The van der Waals surface area contributed by atoms with Crippen LogP contribution in [0.4, 0.5) is 0 Å². The Labute approximate surface area is 135 Å². The van der Waals surface area contributed by atoms with Crippen molar-refractivity contribution < 1.29 is 30.7 Å². The summed E-state index contributed by atoms with van der Waals surface area (Å²) in [7, 11) is 0. The van der Waals surface area contributed by atoms with Crippen molar-refractivity contribution in [1.82, 2.24) is 10.6 Å². The molecule has 0 bridgehead atoms. The fourth-order valence-corrected chi connectivity index (χ4v) is 1.90. The minimum atomic E-state index is -0.400. The fraction of sp³-hybridized carbons (Fsp3) is 0.467. The first-order valence-electron chi connectivity index (χ1n) is 6.53. The second-order valence-corrected chi connectivity index (χ2v) is 4.57. The van der Waals surface area contributed by atoms with Crippen LogP contribution in [0.3, 0.4) is 0 Å². The van der Waals surface area contributed by atoms with E-state index in [0.717, 1.165) is 17.6 Å². The van der Waals surface area contributed by atoms with Gasteiger partial charge in [0.05, 0.1) is 6.04 Å². The molecule has 1 saturated heterocycles. The predicted molar refractivity (Wildman–Crippen MR) is 74.9 cm³/mol. The summed E-state index contributed by atoms with van der Waals surface area (Å²) in [6.07, 6.45) is 6.72. The maximum atomic E-state index is 11.7. The number of carbonyl (C=O) groups excluding carboxylic acids is 2. The van der Waals surface area contributed by atoms with Gasteiger partial charge in [-0.1, -0.05) is 32.9 Å². The summed E-state index contributed by atoms with van der Waals surface area (Å²) in [6, 6.07) is -0.400. The minimum Gasteiger partial charge on any atom is -0.426 e. The summed E-state index contributed by atoms with van der Waals surface area (Å²) in [6.45, 7) is 9.94. The van der Waals surface area contributed by atoms with Gasteiger partial charge in [-0.15, -0.1) is 12.7 Å². The van der Waals surface area contributed by atoms with Crippen LogP contribution in [0.15, 0.2) is 29.5 Å². The molecule has 0 spiro atoms. The van der Waals surface area contributed by atoms with Gasteiger partial charge in [-0.3, -0.25) is 14.9 Å². The summed E-state index contributed by atoms with van der Waals surface area (Å²) < 4.78 is 0. The smallest absolute Gasteiger partial charge is 0.248 e. The second kappa shape index (κ2) is 8.91. The zero-order valence-electron chi connectivity index (χ0n) is 12.2. The van der Waals surface area contributed by atoms with Gasteiger partial charge in [0.15, 0.2) is 0 Å². The van der Waals surface area contributed by atoms with Crippen LogP contribution in [0.2, 0.25) is 0 Å². The zero-order valence-corrected chi connectivity index (χ0v) is 15.1. The number of rotatable bonds is 5. The quantitative estimate of drug-likeness (QED) is 0.387. The average Bonchev–Trinajstić information content (AvgIpc) is 2.38. The van der Waals surface area contributed by atoms with Crippen LogP contribution in [0.25, 0.3) is 0 Å². The molecule has 1 aliphatic rings. The Balaban J connectivity index is 0.00000361. The Morgan fingerprint density at radius 2 is 2.20 bits per heavy atom. The van der Waals surface area contributed by atoms with Gasteiger partial charge in [-0.2, -0.15) is 17.2 Å². The van der Waals surface area contributed by atoms with E-state index in [4.69, 9.17) is 0 Å². The minimum absolute atomic E-state index is 0. The molecule has 0 aromatic carbocycles. The first-order valence-corrected chi connectivity index (χ1v) is 6.53. The van der Waals surface area contributed by atoms with Crippen LogP contribution in [-0.4, -0.2) is 17.9 Å². The van der Waals surface area contributed by atoms with Crippen LogP contribution < -0.4 is 10.6 Å². The molecule has 1 aliphatic heterocycles. The molecule has 0 aromatic rings. The molecule has 2 N–H and O–H groups in total. The van der Waals surface area contributed by atoms with Crippen molar-refractivity contribution >= 4 is 11.8 Å². The van der Waals surface area contributed by atoms with Gasteiger partial charge in [-0.05, 0) is 6.42 Å². The third kappa shape index (κ3) is 5.08. The van der Waals surface area contributed by atoms with E-state index in [9.17, 15) is 9.59 Å². The molecule has 1 atom stereocenters. The van der Waals surface area contributed by atoms with Crippen molar-refractivity contribution in [2.24, 2.45) is 0 Å². The van der Waals surface area contributed by atoms with Crippen molar-refractivity contribution in [3.8, 4) is 0 Å². The number of imide groups is 1. The van der Waals surface area contributed by atoms with Gasteiger partial charge in [0.1, 0.15) is 0 Å². The van der Waals surface area contributed by atoms with Crippen LogP contribution in [0.5, 0.6) is 0 Å². The van der Waals surface area contributed by atoms with E-state index in [1.54, 1.807) is 0 Å². The monoisotopic (exact) mass is 445 g/mol. The molecule has 0 radical (unpaired) electrons. The van der Waals surface area contributed by atoms with Crippen molar-refractivity contribution in [2.75, 3.05) is 0 Å². The van der Waals surface area contributed by atoms with Crippen molar-refractivity contribution in [1.29, 1.82) is 0 Å². The van der Waals surface area contributed by atoms with E-state index in [0.29, 0.717) is 18.5 Å². The van der Waals surface area contributed by atoms with E-state index in [2.05, 4.69) is 30.2 Å². The SMILES string of the molecule is C=C(NC1CCC(=O)NC1=O)/C([C-]=CC)=C(/C)CC.[W]. The van der Waals surface area contributed by atoms with E-state index in [1.165, 1.54) is 0 Å². The second-order valence-electron chi connectivity index (χ2n) is 4.57. The largest absolute Gasteiger partial charge is 0.426 e. The van der Waals surface area contributed by atoms with Gasteiger partial charge in [0.2, 0.25) is 11.8 Å². The third-order valence-electron chi connectivity index (χ3n) is 3.14. The Hall–Kier alpha value is -1.15. The molecule has 1 fully saturated rings. The average molecular weight is 445 g/mol. The topological polar surface area (TPSA) is 58.2 Å². The first-order chi connectivity index (χ1) is 8.99. The molecule has 0 aliphatic carbocycles. The van der Waals surface area contributed by atoms with Crippen LogP contribution >= 0.6 is 0 Å². The van der Waals surface area contributed by atoms with Gasteiger partial charge in [0, 0.05) is 27.5 Å². The summed E-state index contributed by atoms with van der Waals surface area (Å²) in [5.41, 5.74) is 2.73. The molecular weight excluding hydrogens is 424 g/mol. The molecule has 5 heteroatoms. The zero-order chi connectivity index (χ0) is 14.4. The van der Waals surface area contributed by atoms with Crippen LogP contribution in [0.1, 0.15) is 40.0 Å². The summed E-state index contributed by atoms with van der Waals surface area (Å²) in [5.74, 6) is -0.499. The molecule has 4 nitrogen and oxygen atoms in total. The number of piperidine rings is 1. The van der Waals surface area contributed by atoms with Gasteiger partial charge in [0.25, 0.3) is 0 Å². The molecule has 0 aromatic heterocycles. The molecule has 20 heavy (non-hydrogen) atoms. The van der Waals surface area contributed by atoms with E-state index in [1.807, 2.05) is 19.9 Å². The summed E-state index contributed by atoms with van der Waals surface area (Å²) in [5, 5.41) is 5.41. The molecule has 110 valence electrons. The van der Waals surface area contributed by atoms with Crippen molar-refractivity contribution in [3.63, 3.8) is 0 Å². The fourth-order valence-electron chi connectivity index (χ4n) is 1.90. The Bertz CT molecular complexity index is 453. The molecule has 1 unspecified atom stereocenters. The Morgan fingerprint density at radius 3 is 2.70 bits per heavy atom. The van der Waals surface area contributed by atoms with Gasteiger partial charge in [-0.25, -0.2) is 0 Å². The summed E-state index contributed by atoms with van der Waals surface area (Å²) >= 11 is 0. The number of hydrogen-bond donors (Lipinski definition) is 2. The Kier molecular flexibility index (Phi) is 8.40. The predicted octanol–water partition coefficient (Wildman–Crippen LogP) is 2.00. The number of carbonyl (C=O) groups is 2. The first kappa shape index (κ1) is 18.8. The normalized spacial score (nSPS) is 20.1. The Morgan fingerprint density at radius 1 is 1.55 bits per heavy atom. The third-order valence-corrected chi connectivity index (χ3v) is 3.14. The van der Waals surface area contributed by atoms with Crippen molar-refractivity contribution in [2.45, 2.75) is 46.1 Å². The molecule has 1 heterocycles. The standard InChI is InChI=1S/C15H21N2O2.W/c1-5-7-12(10(3)6-2)11(4)16-13-8-9-14(18)17-15(13)19;/h5,13,16H,4,6,8-9H2,1-3H3,(H,17,18,19);/q-1;/b12-10-;. The number of allylic oxidation sites excluding steroid dienone is 3. The van der Waals surface area contributed by atoms with E-state index in [-0.39, 0.29) is 32.9 Å².